The van der Waals surface area contributed by atoms with Crippen molar-refractivity contribution in [2.75, 3.05) is 7.11 Å². The summed E-state index contributed by atoms with van der Waals surface area (Å²) < 4.78 is 7.33. The Morgan fingerprint density at radius 2 is 1.88 bits per heavy atom. The highest BCUT2D eigenvalue weighted by atomic mass is 79.9. The number of rotatable bonds is 4. The Labute approximate surface area is 159 Å². The molecule has 128 valence electrons. The van der Waals surface area contributed by atoms with Crippen molar-refractivity contribution in [2.24, 2.45) is 0 Å². The van der Waals surface area contributed by atoms with Gasteiger partial charge in [-0.2, -0.15) is 10.4 Å². The zero-order valence-corrected chi connectivity index (χ0v) is 15.5. The van der Waals surface area contributed by atoms with Crippen molar-refractivity contribution >= 4 is 28.0 Å². The number of carbonyl (C=O) groups excluding carboxylic acids is 1. The molecule has 5 nitrogen and oxygen atoms in total. The number of esters is 1. The Morgan fingerprint density at radius 1 is 1.19 bits per heavy atom. The number of halogens is 1. The lowest BCUT2D eigenvalue weighted by Gasteiger charge is -2.01. The highest BCUT2D eigenvalue weighted by Crippen LogP contribution is 2.27. The van der Waals surface area contributed by atoms with Crippen LogP contribution in [0.2, 0.25) is 0 Å². The van der Waals surface area contributed by atoms with Gasteiger partial charge in [-0.05, 0) is 30.3 Å². The molecule has 1 heterocycles. The van der Waals surface area contributed by atoms with Crippen LogP contribution in [-0.2, 0) is 9.53 Å². The zero-order chi connectivity index (χ0) is 18.5. The Hall–Kier alpha value is -3.17. The van der Waals surface area contributed by atoms with Crippen LogP contribution < -0.4 is 0 Å². The van der Waals surface area contributed by atoms with Gasteiger partial charge in [0.2, 0.25) is 0 Å². The molecule has 0 unspecified atom stereocenters. The van der Waals surface area contributed by atoms with Crippen molar-refractivity contribution in [3.63, 3.8) is 0 Å². The molecule has 3 aromatic rings. The molecule has 0 spiro atoms. The predicted molar refractivity (Wildman–Crippen MR) is 102 cm³/mol. The summed E-state index contributed by atoms with van der Waals surface area (Å²) in [5.41, 5.74) is 2.98. The fourth-order valence-electron chi connectivity index (χ4n) is 2.44. The maximum absolute atomic E-state index is 11.8. The number of ether oxygens (including phenoxy) is 1. The molecule has 6 heteroatoms. The van der Waals surface area contributed by atoms with Crippen LogP contribution >= 0.6 is 15.9 Å². The maximum atomic E-state index is 11.8. The Bertz CT molecular complexity index is 1000. The third-order valence-corrected chi connectivity index (χ3v) is 4.24. The second-order valence-electron chi connectivity index (χ2n) is 5.38. The molecular formula is C20H14BrN3O2. The van der Waals surface area contributed by atoms with Crippen molar-refractivity contribution in [3.8, 4) is 23.0 Å². The first-order chi connectivity index (χ1) is 12.6. The van der Waals surface area contributed by atoms with Gasteiger partial charge in [-0.1, -0.05) is 46.3 Å². The zero-order valence-electron chi connectivity index (χ0n) is 13.9. The van der Waals surface area contributed by atoms with Gasteiger partial charge in [-0.25, -0.2) is 9.48 Å². The summed E-state index contributed by atoms with van der Waals surface area (Å²) in [5, 5.41) is 13.9. The second-order valence-corrected chi connectivity index (χ2v) is 6.30. The Kier molecular flexibility index (Phi) is 5.30. The van der Waals surface area contributed by atoms with Gasteiger partial charge < -0.3 is 4.74 Å². The van der Waals surface area contributed by atoms with Crippen LogP contribution in [0.25, 0.3) is 23.0 Å². The SMILES string of the molecule is COC(=O)/C(C#N)=C/c1cn(-c2ccccc2)nc1-c1ccc(Br)cc1. The van der Waals surface area contributed by atoms with Gasteiger partial charge >= 0.3 is 5.97 Å². The van der Waals surface area contributed by atoms with Crippen LogP contribution in [0.4, 0.5) is 0 Å². The highest BCUT2D eigenvalue weighted by molar-refractivity contribution is 9.10. The van der Waals surface area contributed by atoms with Gasteiger partial charge in [0.15, 0.2) is 0 Å². The van der Waals surface area contributed by atoms with Gasteiger partial charge in [0.05, 0.1) is 18.5 Å². The number of hydrogen-bond acceptors (Lipinski definition) is 4. The molecule has 0 aliphatic carbocycles. The number of aromatic nitrogens is 2. The number of nitrogens with zero attached hydrogens (tertiary/aromatic N) is 3. The van der Waals surface area contributed by atoms with Crippen molar-refractivity contribution in [1.82, 2.24) is 9.78 Å². The van der Waals surface area contributed by atoms with Crippen molar-refractivity contribution in [2.45, 2.75) is 0 Å². The van der Waals surface area contributed by atoms with Crippen LogP contribution in [0.3, 0.4) is 0 Å². The van der Waals surface area contributed by atoms with Crippen LogP contribution in [0.1, 0.15) is 5.56 Å². The minimum atomic E-state index is -0.679. The van der Waals surface area contributed by atoms with Gasteiger partial charge in [0.1, 0.15) is 11.6 Å². The fraction of sp³-hybridized carbons (Fsp3) is 0.0500. The average Bonchev–Trinajstić information content (AvgIpc) is 3.10. The lowest BCUT2D eigenvalue weighted by molar-refractivity contribution is -0.135. The number of hydrogen-bond donors (Lipinski definition) is 0. The first kappa shape index (κ1) is 17.6. The van der Waals surface area contributed by atoms with Crippen LogP contribution in [0.5, 0.6) is 0 Å². The van der Waals surface area contributed by atoms with Crippen LogP contribution in [0, 0.1) is 11.3 Å². The van der Waals surface area contributed by atoms with Gasteiger partial charge in [0, 0.05) is 21.8 Å². The number of benzene rings is 2. The monoisotopic (exact) mass is 407 g/mol. The van der Waals surface area contributed by atoms with E-state index < -0.39 is 5.97 Å². The molecular weight excluding hydrogens is 394 g/mol. The summed E-state index contributed by atoms with van der Waals surface area (Å²) in [6.07, 6.45) is 3.28. The van der Waals surface area contributed by atoms with Gasteiger partial charge in [0.25, 0.3) is 0 Å². The van der Waals surface area contributed by atoms with Crippen molar-refractivity contribution in [1.29, 1.82) is 5.26 Å². The molecule has 0 atom stereocenters. The van der Waals surface area contributed by atoms with Crippen molar-refractivity contribution < 1.29 is 9.53 Å². The molecule has 3 rings (SSSR count). The van der Waals surface area contributed by atoms with E-state index in [0.29, 0.717) is 11.3 Å². The molecule has 0 amide bonds. The summed E-state index contributed by atoms with van der Waals surface area (Å²) >= 11 is 3.42. The van der Waals surface area contributed by atoms with Gasteiger partial charge in [-0.15, -0.1) is 0 Å². The largest absolute Gasteiger partial charge is 0.465 e. The normalized spacial score (nSPS) is 11.0. The summed E-state index contributed by atoms with van der Waals surface area (Å²) in [4.78, 5) is 11.8. The molecule has 0 aliphatic rings. The lowest BCUT2D eigenvalue weighted by Crippen LogP contribution is -2.02. The van der Waals surface area contributed by atoms with E-state index in [2.05, 4.69) is 25.8 Å². The van der Waals surface area contributed by atoms with Gasteiger partial charge in [-0.3, -0.25) is 0 Å². The van der Waals surface area contributed by atoms with E-state index in [1.165, 1.54) is 13.2 Å². The third kappa shape index (κ3) is 3.73. The maximum Gasteiger partial charge on any atom is 0.348 e. The van der Waals surface area contributed by atoms with E-state index in [0.717, 1.165) is 15.7 Å². The second kappa shape index (κ2) is 7.81. The molecule has 0 fully saturated rings. The third-order valence-electron chi connectivity index (χ3n) is 3.71. The molecule has 0 radical (unpaired) electrons. The average molecular weight is 408 g/mol. The lowest BCUT2D eigenvalue weighted by atomic mass is 10.1. The first-order valence-corrected chi connectivity index (χ1v) is 8.53. The number of carbonyl (C=O) groups is 1. The van der Waals surface area contributed by atoms with Crippen LogP contribution in [-0.4, -0.2) is 22.9 Å². The molecule has 26 heavy (non-hydrogen) atoms. The predicted octanol–water partition coefficient (Wildman–Crippen LogP) is 4.38. The fourth-order valence-corrected chi connectivity index (χ4v) is 2.70. The van der Waals surface area contributed by atoms with E-state index in [9.17, 15) is 10.1 Å². The van der Waals surface area contributed by atoms with E-state index in [1.807, 2.05) is 60.7 Å². The van der Waals surface area contributed by atoms with E-state index >= 15 is 0 Å². The Morgan fingerprint density at radius 3 is 2.50 bits per heavy atom. The summed E-state index contributed by atoms with van der Waals surface area (Å²) in [6.45, 7) is 0. The number of para-hydroxylation sites is 1. The quantitative estimate of drug-likeness (QED) is 0.365. The molecule has 2 aromatic carbocycles. The number of methoxy groups -OCH3 is 1. The molecule has 0 saturated heterocycles. The summed E-state index contributed by atoms with van der Waals surface area (Å²) in [6, 6.07) is 19.2. The molecule has 0 saturated carbocycles. The molecule has 0 N–H and O–H groups in total. The minimum absolute atomic E-state index is 0.0847. The van der Waals surface area contributed by atoms with E-state index in [4.69, 9.17) is 0 Å². The van der Waals surface area contributed by atoms with E-state index in [-0.39, 0.29) is 5.57 Å². The smallest absolute Gasteiger partial charge is 0.348 e. The van der Waals surface area contributed by atoms with Crippen LogP contribution in [0.15, 0.2) is 70.8 Å². The first-order valence-electron chi connectivity index (χ1n) is 7.73. The standard InChI is InChI=1S/C20H14BrN3O2/c1-26-20(25)15(12-22)11-16-13-24(18-5-3-2-4-6-18)23-19(16)14-7-9-17(21)10-8-14/h2-11,13H,1H3/b15-11+. The minimum Gasteiger partial charge on any atom is -0.465 e. The molecule has 1 aromatic heterocycles. The summed E-state index contributed by atoms with van der Waals surface area (Å²) in [7, 11) is 1.25. The molecule has 0 bridgehead atoms. The Balaban J connectivity index is 2.16. The van der Waals surface area contributed by atoms with E-state index in [1.54, 1.807) is 10.9 Å². The van der Waals surface area contributed by atoms with Crippen molar-refractivity contribution in [3.05, 3.63) is 76.4 Å². The molecule has 0 aliphatic heterocycles. The highest BCUT2D eigenvalue weighted by Gasteiger charge is 2.15. The summed E-state index contributed by atoms with van der Waals surface area (Å²) in [5.74, 6) is -0.679. The number of nitriles is 1. The topological polar surface area (TPSA) is 67.9 Å².